The molecule has 0 aliphatic carbocycles. The van der Waals surface area contributed by atoms with E-state index in [9.17, 15) is 19.3 Å². The molecule has 3 rings (SSSR count). The van der Waals surface area contributed by atoms with Gasteiger partial charge in [-0.05, 0) is 42.7 Å². The topological polar surface area (TPSA) is 72.7 Å². The Labute approximate surface area is 144 Å². The highest BCUT2D eigenvalue weighted by atomic mass is 19.1. The van der Waals surface area contributed by atoms with Crippen LogP contribution in [0.5, 0.6) is 0 Å². The number of nitro benzene ring substituents is 1. The van der Waals surface area contributed by atoms with Crippen LogP contribution in [0.2, 0.25) is 0 Å². The highest BCUT2D eigenvalue weighted by Crippen LogP contribution is 2.31. The number of nitro groups is 1. The Morgan fingerprint density at radius 3 is 2.48 bits per heavy atom. The first-order valence-corrected chi connectivity index (χ1v) is 7.99. The molecule has 25 heavy (non-hydrogen) atoms. The molecule has 6 nitrogen and oxygen atoms in total. The molecule has 130 valence electrons. The quantitative estimate of drug-likeness (QED) is 0.470. The van der Waals surface area contributed by atoms with Gasteiger partial charge in [0.05, 0.1) is 10.5 Å². The molecule has 0 spiro atoms. The minimum atomic E-state index is -0.652. The van der Waals surface area contributed by atoms with Crippen molar-refractivity contribution < 1.29 is 18.8 Å². The lowest BCUT2D eigenvalue weighted by Crippen LogP contribution is -2.19. The zero-order chi connectivity index (χ0) is 17.8. The third-order valence-corrected chi connectivity index (χ3v) is 4.14. The van der Waals surface area contributed by atoms with Gasteiger partial charge in [0.2, 0.25) is 0 Å². The number of carbonyl (C=O) groups excluding carboxylic acids is 1. The number of anilines is 1. The van der Waals surface area contributed by atoms with Crippen LogP contribution >= 0.6 is 0 Å². The molecule has 0 radical (unpaired) electrons. The second-order valence-electron chi connectivity index (χ2n) is 5.86. The van der Waals surface area contributed by atoms with Gasteiger partial charge in [0.1, 0.15) is 18.1 Å². The molecular formula is C18H17FN2O4. The number of halogens is 1. The molecule has 2 aromatic carbocycles. The van der Waals surface area contributed by atoms with Crippen LogP contribution < -0.4 is 4.90 Å². The molecule has 0 aromatic heterocycles. The summed E-state index contributed by atoms with van der Waals surface area (Å²) >= 11 is 0. The Morgan fingerprint density at radius 1 is 1.16 bits per heavy atom. The first-order valence-electron chi connectivity index (χ1n) is 7.99. The normalized spacial score (nSPS) is 13.7. The maximum absolute atomic E-state index is 12.9. The van der Waals surface area contributed by atoms with Gasteiger partial charge >= 0.3 is 5.97 Å². The zero-order valence-corrected chi connectivity index (χ0v) is 13.5. The van der Waals surface area contributed by atoms with Crippen molar-refractivity contribution >= 4 is 17.3 Å². The van der Waals surface area contributed by atoms with Crippen LogP contribution in [0.25, 0.3) is 0 Å². The smallest absolute Gasteiger partial charge is 0.338 e. The molecule has 0 unspecified atom stereocenters. The summed E-state index contributed by atoms with van der Waals surface area (Å²) < 4.78 is 18.0. The minimum Gasteiger partial charge on any atom is -0.457 e. The number of rotatable bonds is 5. The fourth-order valence-corrected chi connectivity index (χ4v) is 2.83. The van der Waals surface area contributed by atoms with Gasteiger partial charge in [-0.2, -0.15) is 0 Å². The lowest BCUT2D eigenvalue weighted by Gasteiger charge is -2.17. The van der Waals surface area contributed by atoms with Gasteiger partial charge in [-0.15, -0.1) is 0 Å². The Bertz CT molecular complexity index is 786. The highest BCUT2D eigenvalue weighted by molar-refractivity contribution is 5.91. The second-order valence-corrected chi connectivity index (χ2v) is 5.86. The first-order chi connectivity index (χ1) is 12.0. The van der Waals surface area contributed by atoms with Crippen LogP contribution in [-0.4, -0.2) is 24.0 Å². The van der Waals surface area contributed by atoms with E-state index in [1.54, 1.807) is 6.07 Å². The maximum Gasteiger partial charge on any atom is 0.338 e. The van der Waals surface area contributed by atoms with Gasteiger partial charge in [-0.1, -0.05) is 12.1 Å². The van der Waals surface area contributed by atoms with Crippen LogP contribution in [0.1, 0.15) is 28.8 Å². The van der Waals surface area contributed by atoms with E-state index >= 15 is 0 Å². The SMILES string of the molecule is O=C(OCc1ccc(F)cc1)c1ccc(N2CCCC2)c([N+](=O)[O-])c1. The summed E-state index contributed by atoms with van der Waals surface area (Å²) in [5.74, 6) is -1.02. The van der Waals surface area contributed by atoms with Crippen molar-refractivity contribution in [1.29, 1.82) is 0 Å². The first kappa shape index (κ1) is 16.9. The molecule has 0 N–H and O–H groups in total. The van der Waals surface area contributed by atoms with Crippen molar-refractivity contribution in [2.75, 3.05) is 18.0 Å². The van der Waals surface area contributed by atoms with Crippen molar-refractivity contribution in [3.8, 4) is 0 Å². The van der Waals surface area contributed by atoms with Crippen LogP contribution in [0.4, 0.5) is 15.8 Å². The summed E-state index contributed by atoms with van der Waals surface area (Å²) in [5, 5.41) is 11.4. The molecule has 1 heterocycles. The van der Waals surface area contributed by atoms with Crippen molar-refractivity contribution in [3.63, 3.8) is 0 Å². The summed E-state index contributed by atoms with van der Waals surface area (Å²) in [6.07, 6.45) is 2.00. The number of esters is 1. The second kappa shape index (κ2) is 7.29. The van der Waals surface area contributed by atoms with Crippen molar-refractivity contribution in [2.45, 2.75) is 19.4 Å². The summed E-state index contributed by atoms with van der Waals surface area (Å²) in [7, 11) is 0. The van der Waals surface area contributed by atoms with Crippen molar-refractivity contribution in [2.24, 2.45) is 0 Å². The summed E-state index contributed by atoms with van der Waals surface area (Å²) in [4.78, 5) is 25.0. The number of ether oxygens (including phenoxy) is 1. The van der Waals surface area contributed by atoms with Gasteiger partial charge in [-0.25, -0.2) is 9.18 Å². The molecule has 1 aliphatic heterocycles. The molecule has 7 heteroatoms. The number of hydrogen-bond donors (Lipinski definition) is 0. The van der Waals surface area contributed by atoms with E-state index in [1.165, 1.54) is 36.4 Å². The Balaban J connectivity index is 1.74. The number of nitrogens with zero attached hydrogens (tertiary/aromatic N) is 2. The molecule has 1 saturated heterocycles. The van der Waals surface area contributed by atoms with Gasteiger partial charge in [-0.3, -0.25) is 10.1 Å². The van der Waals surface area contributed by atoms with Crippen molar-refractivity contribution in [3.05, 3.63) is 69.5 Å². The maximum atomic E-state index is 12.9. The fraction of sp³-hybridized carbons (Fsp3) is 0.278. The minimum absolute atomic E-state index is 0.0270. The lowest BCUT2D eigenvalue weighted by molar-refractivity contribution is -0.384. The Kier molecular flexibility index (Phi) is 4.92. The van der Waals surface area contributed by atoms with Crippen LogP contribution in [0.15, 0.2) is 42.5 Å². The standard InChI is InChI=1S/C18H17FN2O4/c19-15-6-3-13(4-7-15)12-25-18(22)14-5-8-16(17(11-14)21(23)24)20-9-1-2-10-20/h3-8,11H,1-2,9-10,12H2. The van der Waals surface area contributed by atoms with Gasteiger partial charge < -0.3 is 9.64 Å². The molecule has 1 aliphatic rings. The van der Waals surface area contributed by atoms with E-state index in [4.69, 9.17) is 4.74 Å². The van der Waals surface area contributed by atoms with Gasteiger partial charge in [0.15, 0.2) is 0 Å². The summed E-state index contributed by atoms with van der Waals surface area (Å²) in [6.45, 7) is 1.52. The average Bonchev–Trinajstić information content (AvgIpc) is 3.15. The number of benzene rings is 2. The third-order valence-electron chi connectivity index (χ3n) is 4.14. The molecule has 0 amide bonds. The fourth-order valence-electron chi connectivity index (χ4n) is 2.83. The molecule has 0 saturated carbocycles. The van der Waals surface area contributed by atoms with E-state index in [0.29, 0.717) is 11.3 Å². The monoisotopic (exact) mass is 344 g/mol. The third kappa shape index (κ3) is 3.93. The number of carbonyl (C=O) groups is 1. The Hall–Kier alpha value is -2.96. The molecular weight excluding hydrogens is 327 g/mol. The number of hydrogen-bond acceptors (Lipinski definition) is 5. The van der Waals surface area contributed by atoms with E-state index in [1.807, 2.05) is 4.90 Å². The highest BCUT2D eigenvalue weighted by Gasteiger charge is 2.24. The molecule has 2 aromatic rings. The molecule has 0 bridgehead atoms. The van der Waals surface area contributed by atoms with E-state index in [0.717, 1.165) is 25.9 Å². The lowest BCUT2D eigenvalue weighted by atomic mass is 10.1. The predicted octanol–water partition coefficient (Wildman–Crippen LogP) is 3.69. The Morgan fingerprint density at radius 2 is 1.84 bits per heavy atom. The zero-order valence-electron chi connectivity index (χ0n) is 13.5. The summed E-state index contributed by atoms with van der Waals surface area (Å²) in [6, 6.07) is 9.97. The average molecular weight is 344 g/mol. The van der Waals surface area contributed by atoms with Crippen LogP contribution in [-0.2, 0) is 11.3 Å². The van der Waals surface area contributed by atoms with Gasteiger partial charge in [0.25, 0.3) is 5.69 Å². The molecule has 0 atom stereocenters. The molecule has 1 fully saturated rings. The van der Waals surface area contributed by atoms with Crippen LogP contribution in [0.3, 0.4) is 0 Å². The predicted molar refractivity (Wildman–Crippen MR) is 90.1 cm³/mol. The van der Waals surface area contributed by atoms with Crippen LogP contribution in [0, 0.1) is 15.9 Å². The van der Waals surface area contributed by atoms with E-state index in [-0.39, 0.29) is 23.7 Å². The van der Waals surface area contributed by atoms with E-state index < -0.39 is 10.9 Å². The van der Waals surface area contributed by atoms with Gasteiger partial charge in [0, 0.05) is 19.2 Å². The van der Waals surface area contributed by atoms with Crippen molar-refractivity contribution in [1.82, 2.24) is 0 Å². The van der Waals surface area contributed by atoms with E-state index in [2.05, 4.69) is 0 Å². The largest absolute Gasteiger partial charge is 0.457 e. The summed E-state index contributed by atoms with van der Waals surface area (Å²) in [5.41, 5.74) is 1.19.